The Balaban J connectivity index is 2.38. The molecule has 2 N–H and O–H groups in total. The summed E-state index contributed by atoms with van der Waals surface area (Å²) in [6.07, 6.45) is 2.73. The van der Waals surface area contributed by atoms with Crippen molar-refractivity contribution < 1.29 is 0 Å². The minimum Gasteiger partial charge on any atom is -0.381 e. The molecule has 0 radical (unpaired) electrons. The summed E-state index contributed by atoms with van der Waals surface area (Å²) in [5.74, 6) is 0.273. The van der Waals surface area contributed by atoms with Crippen molar-refractivity contribution in [3.63, 3.8) is 0 Å². The zero-order chi connectivity index (χ0) is 14.7. The molecule has 0 saturated carbocycles. The molecule has 1 aromatic rings. The van der Waals surface area contributed by atoms with Gasteiger partial charge in [-0.15, -0.1) is 5.11 Å². The summed E-state index contributed by atoms with van der Waals surface area (Å²) in [5.41, 5.74) is 6.36. The number of halogens is 2. The number of rotatable bonds is 3. The predicted octanol–water partition coefficient (Wildman–Crippen LogP) is 3.02. The van der Waals surface area contributed by atoms with Crippen molar-refractivity contribution >= 4 is 29.5 Å². The van der Waals surface area contributed by atoms with Gasteiger partial charge in [0.1, 0.15) is 6.34 Å². The molecule has 1 unspecified atom stereocenters. The molecule has 8 heteroatoms. The highest BCUT2D eigenvalue weighted by atomic mass is 35.5. The van der Waals surface area contributed by atoms with Gasteiger partial charge in [-0.1, -0.05) is 35.3 Å². The minimum absolute atomic E-state index is 0.273. The maximum Gasteiger partial charge on any atom is 0.189 e. The van der Waals surface area contributed by atoms with Gasteiger partial charge in [-0.3, -0.25) is 0 Å². The lowest BCUT2D eigenvalue weighted by atomic mass is 10.1. The predicted molar refractivity (Wildman–Crippen MR) is 80.3 cm³/mol. The van der Waals surface area contributed by atoms with Crippen molar-refractivity contribution in [1.82, 2.24) is 9.91 Å². The molecule has 6 nitrogen and oxygen atoms in total. The average molecular weight is 313 g/mol. The van der Waals surface area contributed by atoms with Gasteiger partial charge < -0.3 is 10.6 Å². The van der Waals surface area contributed by atoms with Crippen LogP contribution in [0.2, 0.25) is 10.0 Å². The van der Waals surface area contributed by atoms with E-state index >= 15 is 0 Å². The summed E-state index contributed by atoms with van der Waals surface area (Å²) in [4.78, 5) is 1.80. The van der Waals surface area contributed by atoms with Crippen LogP contribution in [0.4, 0.5) is 0 Å². The Bertz CT molecular complexity index is 581. The Kier molecular flexibility index (Phi) is 4.46. The lowest BCUT2D eigenvalue weighted by Crippen LogP contribution is -2.23. The van der Waals surface area contributed by atoms with Crippen LogP contribution in [0.15, 0.2) is 45.5 Å². The molecule has 0 fully saturated rings. The maximum absolute atomic E-state index is 6.22. The van der Waals surface area contributed by atoms with Crippen LogP contribution in [0, 0.1) is 0 Å². The molecule has 1 atom stereocenters. The molecule has 1 heterocycles. The molecule has 20 heavy (non-hydrogen) atoms. The van der Waals surface area contributed by atoms with E-state index < -0.39 is 6.17 Å². The molecule has 0 aromatic heterocycles. The van der Waals surface area contributed by atoms with Crippen LogP contribution in [-0.2, 0) is 0 Å². The molecule has 1 aliphatic rings. The van der Waals surface area contributed by atoms with Crippen molar-refractivity contribution in [3.8, 4) is 0 Å². The summed E-state index contributed by atoms with van der Waals surface area (Å²) in [5, 5.41) is 14.7. The Morgan fingerprint density at radius 2 is 2.15 bits per heavy atom. The zero-order valence-corrected chi connectivity index (χ0v) is 12.5. The number of hydrogen-bond donors (Lipinski definition) is 1. The van der Waals surface area contributed by atoms with E-state index in [1.54, 1.807) is 34.6 Å². The highest BCUT2D eigenvalue weighted by Crippen LogP contribution is 2.35. The summed E-state index contributed by atoms with van der Waals surface area (Å²) >= 11 is 12.2. The average Bonchev–Trinajstić information content (AvgIpc) is 2.40. The largest absolute Gasteiger partial charge is 0.381 e. The van der Waals surface area contributed by atoms with Crippen LogP contribution >= 0.6 is 23.2 Å². The van der Waals surface area contributed by atoms with Gasteiger partial charge in [0.15, 0.2) is 12.0 Å². The van der Waals surface area contributed by atoms with E-state index in [2.05, 4.69) is 15.3 Å². The lowest BCUT2D eigenvalue weighted by molar-refractivity contribution is 0.276. The van der Waals surface area contributed by atoms with Crippen molar-refractivity contribution in [2.75, 3.05) is 14.1 Å². The van der Waals surface area contributed by atoms with Gasteiger partial charge in [-0.05, 0) is 6.07 Å². The molecule has 0 bridgehead atoms. The molecule has 0 aliphatic carbocycles. The first-order chi connectivity index (χ1) is 9.49. The fraction of sp³-hybridized carbons (Fsp3) is 0.250. The molecule has 0 spiro atoms. The van der Waals surface area contributed by atoms with Crippen LogP contribution < -0.4 is 5.73 Å². The molecule has 1 aromatic carbocycles. The van der Waals surface area contributed by atoms with E-state index in [1.165, 1.54) is 0 Å². The number of azo groups is 1. The second-order valence-electron chi connectivity index (χ2n) is 4.36. The van der Waals surface area contributed by atoms with Crippen LogP contribution in [0.5, 0.6) is 0 Å². The minimum atomic E-state index is -0.496. The third-order valence-corrected chi connectivity index (χ3v) is 3.31. The molecule has 106 valence electrons. The summed E-state index contributed by atoms with van der Waals surface area (Å²) in [6.45, 7) is 0. The van der Waals surface area contributed by atoms with Gasteiger partial charge in [0.05, 0.1) is 16.2 Å². The van der Waals surface area contributed by atoms with Crippen molar-refractivity contribution in [3.05, 3.63) is 45.8 Å². The third-order valence-electron chi connectivity index (χ3n) is 2.47. The van der Waals surface area contributed by atoms with E-state index in [1.807, 2.05) is 20.2 Å². The van der Waals surface area contributed by atoms with E-state index in [9.17, 15) is 0 Å². The number of nitrogens with zero attached hydrogens (tertiary/aromatic N) is 5. The Hall–Kier alpha value is -1.79. The molecule has 2 rings (SSSR count). The van der Waals surface area contributed by atoms with Crippen LogP contribution in [0.25, 0.3) is 0 Å². The number of hydrogen-bond acceptors (Lipinski definition) is 5. The first-order valence-electron chi connectivity index (χ1n) is 5.80. The quantitative estimate of drug-likeness (QED) is 0.689. The van der Waals surface area contributed by atoms with E-state index in [0.717, 1.165) is 0 Å². The molecule has 1 aliphatic heterocycles. The topological polar surface area (TPSA) is 69.6 Å². The molecule has 0 amide bonds. The van der Waals surface area contributed by atoms with Crippen LogP contribution in [0.3, 0.4) is 0 Å². The fourth-order valence-corrected chi connectivity index (χ4v) is 2.00. The molecular formula is C12H14Cl2N6. The van der Waals surface area contributed by atoms with E-state index in [-0.39, 0.29) is 5.82 Å². The lowest BCUT2D eigenvalue weighted by Gasteiger charge is -2.26. The van der Waals surface area contributed by atoms with Crippen LogP contribution in [-0.4, -0.2) is 30.3 Å². The van der Waals surface area contributed by atoms with Gasteiger partial charge in [0, 0.05) is 19.7 Å². The smallest absolute Gasteiger partial charge is 0.189 e. The highest BCUT2D eigenvalue weighted by molar-refractivity contribution is 6.42. The van der Waals surface area contributed by atoms with E-state index in [4.69, 9.17) is 28.9 Å². The van der Waals surface area contributed by atoms with Crippen LogP contribution in [0.1, 0.15) is 11.7 Å². The van der Waals surface area contributed by atoms with Crippen molar-refractivity contribution in [2.45, 2.75) is 6.17 Å². The van der Waals surface area contributed by atoms with E-state index in [0.29, 0.717) is 15.6 Å². The summed E-state index contributed by atoms with van der Waals surface area (Å²) in [6, 6.07) is 5.34. The Morgan fingerprint density at radius 1 is 1.40 bits per heavy atom. The van der Waals surface area contributed by atoms with Gasteiger partial charge in [0.2, 0.25) is 0 Å². The van der Waals surface area contributed by atoms with Gasteiger partial charge in [-0.2, -0.15) is 10.2 Å². The summed E-state index contributed by atoms with van der Waals surface area (Å²) < 4.78 is 0. The van der Waals surface area contributed by atoms with Gasteiger partial charge in [-0.25, -0.2) is 5.01 Å². The number of hydrazone groups is 1. The molecular weight excluding hydrogens is 299 g/mol. The van der Waals surface area contributed by atoms with Crippen molar-refractivity contribution in [1.29, 1.82) is 0 Å². The van der Waals surface area contributed by atoms with Crippen molar-refractivity contribution in [2.24, 2.45) is 21.1 Å². The number of nitrogens with two attached hydrogens (primary N) is 1. The SMILES string of the molecule is CN(C)C=NN1C=C(N)N=NC1c1cccc(Cl)c1Cl. The second kappa shape index (κ2) is 6.11. The maximum atomic E-state index is 6.22. The zero-order valence-electron chi connectivity index (χ0n) is 11.0. The second-order valence-corrected chi connectivity index (χ2v) is 5.15. The molecule has 0 saturated heterocycles. The normalized spacial score (nSPS) is 18.5. The third kappa shape index (κ3) is 3.20. The first kappa shape index (κ1) is 14.6. The highest BCUT2D eigenvalue weighted by Gasteiger charge is 2.24. The monoisotopic (exact) mass is 312 g/mol. The van der Waals surface area contributed by atoms with Gasteiger partial charge >= 0.3 is 0 Å². The van der Waals surface area contributed by atoms with Gasteiger partial charge in [0.25, 0.3) is 0 Å². The Labute approximate surface area is 127 Å². The Morgan fingerprint density at radius 3 is 2.85 bits per heavy atom. The standard InChI is InChI=1S/C12H14Cl2N6/c1-19(2)7-16-20-6-10(15)17-18-12(20)8-4-3-5-9(13)11(8)14/h3-7,12H,15H2,1-2H3. The first-order valence-corrected chi connectivity index (χ1v) is 6.55. The summed E-state index contributed by atoms with van der Waals surface area (Å²) in [7, 11) is 3.73. The number of benzene rings is 1. The fourth-order valence-electron chi connectivity index (χ4n) is 1.59.